The van der Waals surface area contributed by atoms with Gasteiger partial charge in [-0.1, -0.05) is 24.3 Å². The maximum atomic E-state index is 13.7. The van der Waals surface area contributed by atoms with Crippen molar-refractivity contribution in [1.82, 2.24) is 24.5 Å². The molecule has 0 bridgehead atoms. The Hall–Kier alpha value is -4.07. The van der Waals surface area contributed by atoms with Crippen LogP contribution in [0.1, 0.15) is 33.9 Å². The second-order valence-corrected chi connectivity index (χ2v) is 7.85. The van der Waals surface area contributed by atoms with Crippen LogP contribution in [0.3, 0.4) is 0 Å². The lowest BCUT2D eigenvalue weighted by atomic mass is 9.73. The first-order valence-corrected chi connectivity index (χ1v) is 10.1. The van der Waals surface area contributed by atoms with Gasteiger partial charge in [-0.15, -0.1) is 0 Å². The predicted octanol–water partition coefficient (Wildman–Crippen LogP) is 2.60. The quantitative estimate of drug-likeness (QED) is 0.548. The van der Waals surface area contributed by atoms with Gasteiger partial charge in [-0.05, 0) is 35.7 Å². The molecule has 152 valence electrons. The van der Waals surface area contributed by atoms with Crippen LogP contribution < -0.4 is 5.32 Å². The van der Waals surface area contributed by atoms with Gasteiger partial charge in [-0.2, -0.15) is 5.10 Å². The number of carbonyl (C=O) groups excluding carboxylic acids is 2. The number of fused-ring (bicyclic) bond motifs is 3. The first kappa shape index (κ1) is 17.8. The zero-order chi connectivity index (χ0) is 21.0. The molecule has 4 aromatic rings. The van der Waals surface area contributed by atoms with E-state index in [1.807, 2.05) is 36.4 Å². The van der Waals surface area contributed by atoms with Crippen LogP contribution in [-0.2, 0) is 10.2 Å². The van der Waals surface area contributed by atoms with Crippen molar-refractivity contribution in [2.45, 2.75) is 17.9 Å². The van der Waals surface area contributed by atoms with Crippen molar-refractivity contribution in [3.8, 4) is 0 Å². The van der Waals surface area contributed by atoms with Gasteiger partial charge in [0.05, 0.1) is 12.2 Å². The van der Waals surface area contributed by atoms with E-state index in [2.05, 4.69) is 20.4 Å². The first-order valence-electron chi connectivity index (χ1n) is 10.1. The van der Waals surface area contributed by atoms with E-state index in [0.29, 0.717) is 24.2 Å². The van der Waals surface area contributed by atoms with Crippen LogP contribution in [0.25, 0.3) is 5.65 Å². The van der Waals surface area contributed by atoms with E-state index in [0.717, 1.165) is 16.8 Å². The molecule has 5 heterocycles. The van der Waals surface area contributed by atoms with Crippen molar-refractivity contribution in [1.29, 1.82) is 0 Å². The SMILES string of the molecule is O=C(c1cnn2cccnc12)N1CCC2(C(=O)Nc3ccccc32)C1c1cccnc1. The Labute approximate surface area is 177 Å². The number of amides is 2. The number of nitrogens with one attached hydrogen (secondary N) is 1. The summed E-state index contributed by atoms with van der Waals surface area (Å²) in [7, 11) is 0. The topological polar surface area (TPSA) is 92.5 Å². The molecule has 2 aliphatic heterocycles. The lowest BCUT2D eigenvalue weighted by Crippen LogP contribution is -2.42. The highest BCUT2D eigenvalue weighted by Gasteiger charge is 2.59. The van der Waals surface area contributed by atoms with E-state index in [1.54, 1.807) is 46.5 Å². The van der Waals surface area contributed by atoms with Crippen molar-refractivity contribution in [2.75, 3.05) is 11.9 Å². The van der Waals surface area contributed by atoms with Crippen LogP contribution >= 0.6 is 0 Å². The van der Waals surface area contributed by atoms with Crippen molar-refractivity contribution in [2.24, 2.45) is 0 Å². The predicted molar refractivity (Wildman–Crippen MR) is 112 cm³/mol. The molecule has 6 rings (SSSR count). The molecule has 3 aromatic heterocycles. The number of rotatable bonds is 2. The fourth-order valence-corrected chi connectivity index (χ4v) is 5.04. The Kier molecular flexibility index (Phi) is 3.70. The molecule has 31 heavy (non-hydrogen) atoms. The fraction of sp³-hybridized carbons (Fsp3) is 0.174. The molecule has 8 heteroatoms. The summed E-state index contributed by atoms with van der Waals surface area (Å²) in [4.78, 5) is 37.5. The van der Waals surface area contributed by atoms with E-state index in [-0.39, 0.29) is 11.8 Å². The summed E-state index contributed by atoms with van der Waals surface area (Å²) in [6.45, 7) is 0.435. The lowest BCUT2D eigenvalue weighted by Gasteiger charge is -2.34. The van der Waals surface area contributed by atoms with Gasteiger partial charge < -0.3 is 10.2 Å². The molecular weight excluding hydrogens is 392 g/mol. The molecule has 1 spiro atoms. The van der Waals surface area contributed by atoms with Crippen LogP contribution in [0.4, 0.5) is 5.69 Å². The average molecular weight is 410 g/mol. The summed E-state index contributed by atoms with van der Waals surface area (Å²) < 4.78 is 1.58. The molecule has 2 amide bonds. The fourth-order valence-electron chi connectivity index (χ4n) is 5.04. The first-order chi connectivity index (χ1) is 15.2. The van der Waals surface area contributed by atoms with Crippen molar-refractivity contribution < 1.29 is 9.59 Å². The number of anilines is 1. The highest BCUT2D eigenvalue weighted by molar-refractivity contribution is 6.08. The monoisotopic (exact) mass is 410 g/mol. The second kappa shape index (κ2) is 6.46. The van der Waals surface area contributed by atoms with Gasteiger partial charge in [0.2, 0.25) is 5.91 Å². The average Bonchev–Trinajstić information content (AvgIpc) is 3.49. The molecule has 0 aliphatic carbocycles. The van der Waals surface area contributed by atoms with E-state index in [4.69, 9.17) is 0 Å². The Morgan fingerprint density at radius 2 is 2.00 bits per heavy atom. The van der Waals surface area contributed by atoms with Gasteiger partial charge in [0.1, 0.15) is 11.0 Å². The number of aromatic nitrogens is 4. The number of likely N-dealkylation sites (tertiary alicyclic amines) is 1. The van der Waals surface area contributed by atoms with Crippen molar-refractivity contribution >= 4 is 23.1 Å². The molecule has 0 saturated carbocycles. The van der Waals surface area contributed by atoms with E-state index < -0.39 is 11.5 Å². The van der Waals surface area contributed by atoms with Gasteiger partial charge in [-0.25, -0.2) is 9.50 Å². The molecule has 0 radical (unpaired) electrons. The third-order valence-electron chi connectivity index (χ3n) is 6.36. The molecule has 1 aromatic carbocycles. The van der Waals surface area contributed by atoms with Gasteiger partial charge in [0, 0.05) is 37.0 Å². The summed E-state index contributed by atoms with van der Waals surface area (Å²) in [6, 6.07) is 12.7. The molecule has 1 fully saturated rings. The Balaban J connectivity index is 1.52. The summed E-state index contributed by atoms with van der Waals surface area (Å²) in [5.41, 5.74) is 2.58. The summed E-state index contributed by atoms with van der Waals surface area (Å²) in [6.07, 6.45) is 8.88. The molecule has 2 atom stereocenters. The Morgan fingerprint density at radius 3 is 2.87 bits per heavy atom. The number of carbonyl (C=O) groups is 2. The molecule has 1 N–H and O–H groups in total. The molecule has 2 aliphatic rings. The van der Waals surface area contributed by atoms with Crippen LogP contribution in [0.2, 0.25) is 0 Å². The lowest BCUT2D eigenvalue weighted by molar-refractivity contribution is -0.121. The number of nitrogens with zero attached hydrogens (tertiary/aromatic N) is 5. The zero-order valence-electron chi connectivity index (χ0n) is 16.5. The molecule has 2 unspecified atom stereocenters. The number of hydrogen-bond acceptors (Lipinski definition) is 5. The Morgan fingerprint density at radius 1 is 1.10 bits per heavy atom. The zero-order valence-corrected chi connectivity index (χ0v) is 16.5. The third-order valence-corrected chi connectivity index (χ3v) is 6.36. The Bertz CT molecular complexity index is 1330. The van der Waals surface area contributed by atoms with Gasteiger partial charge in [0.25, 0.3) is 5.91 Å². The number of para-hydroxylation sites is 1. The summed E-state index contributed by atoms with van der Waals surface area (Å²) in [5, 5.41) is 7.29. The smallest absolute Gasteiger partial charge is 0.259 e. The maximum absolute atomic E-state index is 13.7. The van der Waals surface area contributed by atoms with E-state index >= 15 is 0 Å². The van der Waals surface area contributed by atoms with Crippen molar-refractivity contribution in [3.05, 3.63) is 90.1 Å². The normalized spacial score (nSPS) is 22.1. The van der Waals surface area contributed by atoms with Gasteiger partial charge in [-0.3, -0.25) is 14.6 Å². The minimum Gasteiger partial charge on any atom is -0.330 e. The maximum Gasteiger partial charge on any atom is 0.259 e. The standard InChI is InChI=1S/C23H18N6O2/c30-21(16-14-26-29-11-4-10-25-20(16)29)28-12-8-23(19(28)15-5-3-9-24-13-15)17-6-1-2-7-18(17)27-22(23)31/h1-7,9-11,13-14,19H,8,12H2,(H,27,31). The largest absolute Gasteiger partial charge is 0.330 e. The molecular formula is C23H18N6O2. The summed E-state index contributed by atoms with van der Waals surface area (Å²) >= 11 is 0. The number of benzene rings is 1. The molecule has 8 nitrogen and oxygen atoms in total. The highest BCUT2D eigenvalue weighted by Crippen LogP contribution is 2.54. The highest BCUT2D eigenvalue weighted by atomic mass is 16.2. The van der Waals surface area contributed by atoms with E-state index in [1.165, 1.54) is 0 Å². The minimum atomic E-state index is -0.869. The second-order valence-electron chi connectivity index (χ2n) is 7.85. The number of hydrogen-bond donors (Lipinski definition) is 1. The van der Waals surface area contributed by atoms with Crippen molar-refractivity contribution in [3.63, 3.8) is 0 Å². The van der Waals surface area contributed by atoms with E-state index in [9.17, 15) is 9.59 Å². The van der Waals surface area contributed by atoms with Crippen LogP contribution in [0.5, 0.6) is 0 Å². The number of pyridine rings is 1. The van der Waals surface area contributed by atoms with Crippen LogP contribution in [0, 0.1) is 0 Å². The minimum absolute atomic E-state index is 0.0872. The van der Waals surface area contributed by atoms with Gasteiger partial charge in [0.15, 0.2) is 5.65 Å². The summed E-state index contributed by atoms with van der Waals surface area (Å²) in [5.74, 6) is -0.285. The van der Waals surface area contributed by atoms with Gasteiger partial charge >= 0.3 is 0 Å². The molecule has 1 saturated heterocycles. The van der Waals surface area contributed by atoms with Crippen LogP contribution in [0.15, 0.2) is 73.4 Å². The third kappa shape index (κ3) is 2.38. The van der Waals surface area contributed by atoms with Crippen LogP contribution in [-0.4, -0.2) is 42.8 Å².